The van der Waals surface area contributed by atoms with E-state index in [-0.39, 0.29) is 19.3 Å². The van der Waals surface area contributed by atoms with Gasteiger partial charge in [-0.25, -0.2) is 0 Å². The molecule has 1 N–H and O–H groups in total. The molecule has 0 aliphatic carbocycles. The van der Waals surface area contributed by atoms with E-state index < -0.39 is 12.8 Å². The van der Waals surface area contributed by atoms with Crippen LogP contribution in [0.4, 0.5) is 13.2 Å². The summed E-state index contributed by atoms with van der Waals surface area (Å²) in [5, 5.41) is 3.27. The van der Waals surface area contributed by atoms with Gasteiger partial charge in [-0.05, 0) is 25.6 Å². The predicted octanol–water partition coefficient (Wildman–Crippen LogP) is 4.08. The molecule has 1 aromatic rings. The summed E-state index contributed by atoms with van der Waals surface area (Å²) in [5.74, 6) is 0.633. The van der Waals surface area contributed by atoms with Gasteiger partial charge in [-0.1, -0.05) is 28.9 Å². The van der Waals surface area contributed by atoms with Crippen molar-refractivity contribution in [1.29, 1.82) is 0 Å². The second-order valence-corrected chi connectivity index (χ2v) is 5.39. The van der Waals surface area contributed by atoms with Crippen LogP contribution in [0.15, 0.2) is 22.7 Å². The molecule has 0 aliphatic rings. The fourth-order valence-electron chi connectivity index (χ4n) is 1.81. The van der Waals surface area contributed by atoms with Gasteiger partial charge in [0.2, 0.25) is 0 Å². The topological polar surface area (TPSA) is 30.5 Å². The molecule has 0 aromatic heterocycles. The number of ether oxygens (including phenoxy) is 2. The van der Waals surface area contributed by atoms with Crippen LogP contribution in [0.3, 0.4) is 0 Å². The highest BCUT2D eigenvalue weighted by molar-refractivity contribution is 9.10. The van der Waals surface area contributed by atoms with E-state index in [1.165, 1.54) is 0 Å². The van der Waals surface area contributed by atoms with Gasteiger partial charge in [0, 0.05) is 16.1 Å². The monoisotopic (exact) mass is 369 g/mol. The summed E-state index contributed by atoms with van der Waals surface area (Å²) in [6, 6.07) is 5.71. The second-order valence-electron chi connectivity index (χ2n) is 4.48. The molecular weight excluding hydrogens is 351 g/mol. The van der Waals surface area contributed by atoms with Crippen molar-refractivity contribution in [3.63, 3.8) is 0 Å². The average molecular weight is 370 g/mol. The zero-order valence-corrected chi connectivity index (χ0v) is 13.6. The third kappa shape index (κ3) is 7.15. The van der Waals surface area contributed by atoms with Gasteiger partial charge < -0.3 is 14.8 Å². The summed E-state index contributed by atoms with van der Waals surface area (Å²) in [5.41, 5.74) is 0.955. The molecule has 0 bridgehead atoms. The van der Waals surface area contributed by atoms with Gasteiger partial charge in [-0.3, -0.25) is 0 Å². The summed E-state index contributed by atoms with van der Waals surface area (Å²) in [6.45, 7) is 3.51. The van der Waals surface area contributed by atoms with Crippen LogP contribution in [0.25, 0.3) is 0 Å². The maximum Gasteiger partial charge on any atom is 0.411 e. The third-order valence-corrected chi connectivity index (χ3v) is 3.20. The maximum absolute atomic E-state index is 11.9. The van der Waals surface area contributed by atoms with E-state index in [0.717, 1.165) is 16.6 Å². The first kappa shape index (κ1) is 18.3. The van der Waals surface area contributed by atoms with Crippen molar-refractivity contribution >= 4 is 15.9 Å². The van der Waals surface area contributed by atoms with E-state index in [0.29, 0.717) is 5.75 Å². The Kier molecular flexibility index (Phi) is 7.48. The van der Waals surface area contributed by atoms with E-state index >= 15 is 0 Å². The molecule has 1 unspecified atom stereocenters. The fourth-order valence-corrected chi connectivity index (χ4v) is 2.15. The van der Waals surface area contributed by atoms with E-state index in [9.17, 15) is 13.2 Å². The Morgan fingerprint density at radius 2 is 2.00 bits per heavy atom. The Bertz CT molecular complexity index is 441. The number of rotatable bonds is 8. The van der Waals surface area contributed by atoms with Crippen molar-refractivity contribution < 1.29 is 22.6 Å². The van der Waals surface area contributed by atoms with Crippen LogP contribution in [0.2, 0.25) is 0 Å². The molecule has 1 rings (SSSR count). The average Bonchev–Trinajstić information content (AvgIpc) is 2.37. The van der Waals surface area contributed by atoms with Gasteiger partial charge in [-0.2, -0.15) is 13.2 Å². The number of benzene rings is 1. The Morgan fingerprint density at radius 1 is 1.29 bits per heavy atom. The molecule has 0 fully saturated rings. The van der Waals surface area contributed by atoms with Gasteiger partial charge in [0.15, 0.2) is 0 Å². The Labute approximate surface area is 130 Å². The van der Waals surface area contributed by atoms with Crippen molar-refractivity contribution in [3.05, 3.63) is 28.2 Å². The number of alkyl halides is 3. The van der Waals surface area contributed by atoms with Crippen LogP contribution in [-0.2, 0) is 4.74 Å². The van der Waals surface area contributed by atoms with Crippen LogP contribution < -0.4 is 10.1 Å². The SMILES string of the molecule is CCNC(C)c1ccc(Br)cc1OCCOCC(F)(F)F. The van der Waals surface area contributed by atoms with Crippen molar-refractivity contribution in [1.82, 2.24) is 5.32 Å². The van der Waals surface area contributed by atoms with E-state index in [1.54, 1.807) is 6.07 Å². The lowest BCUT2D eigenvalue weighted by Gasteiger charge is -2.18. The fraction of sp³-hybridized carbons (Fsp3) is 0.571. The standard InChI is InChI=1S/C14H19BrF3NO2/c1-3-19-10(2)12-5-4-11(15)8-13(12)21-7-6-20-9-14(16,17)18/h4-5,8,10,19H,3,6-7,9H2,1-2H3. The lowest BCUT2D eigenvalue weighted by molar-refractivity contribution is -0.175. The largest absolute Gasteiger partial charge is 0.491 e. The first-order valence-corrected chi connectivity index (χ1v) is 7.43. The van der Waals surface area contributed by atoms with Crippen LogP contribution in [-0.4, -0.2) is 32.5 Å². The summed E-state index contributed by atoms with van der Waals surface area (Å²) in [4.78, 5) is 0. The Balaban J connectivity index is 2.55. The molecular formula is C14H19BrF3NO2. The molecule has 3 nitrogen and oxygen atoms in total. The molecule has 0 radical (unpaired) electrons. The maximum atomic E-state index is 11.9. The number of hydrogen-bond donors (Lipinski definition) is 1. The smallest absolute Gasteiger partial charge is 0.411 e. The van der Waals surface area contributed by atoms with Gasteiger partial charge in [-0.15, -0.1) is 0 Å². The highest BCUT2D eigenvalue weighted by atomic mass is 79.9. The molecule has 1 atom stereocenters. The molecule has 0 amide bonds. The Hall–Kier alpha value is -0.790. The van der Waals surface area contributed by atoms with E-state index in [4.69, 9.17) is 4.74 Å². The molecule has 21 heavy (non-hydrogen) atoms. The van der Waals surface area contributed by atoms with Crippen molar-refractivity contribution in [2.75, 3.05) is 26.4 Å². The van der Waals surface area contributed by atoms with Crippen LogP contribution in [0.1, 0.15) is 25.5 Å². The molecule has 0 saturated heterocycles. The normalized spacial score (nSPS) is 13.2. The molecule has 0 spiro atoms. The first-order chi connectivity index (χ1) is 9.83. The number of hydrogen-bond acceptors (Lipinski definition) is 3. The lowest BCUT2D eigenvalue weighted by atomic mass is 10.1. The molecule has 120 valence electrons. The van der Waals surface area contributed by atoms with Crippen LogP contribution in [0.5, 0.6) is 5.75 Å². The van der Waals surface area contributed by atoms with Gasteiger partial charge in [0.25, 0.3) is 0 Å². The van der Waals surface area contributed by atoms with Crippen molar-refractivity contribution in [2.24, 2.45) is 0 Å². The van der Waals surface area contributed by atoms with Crippen molar-refractivity contribution in [3.8, 4) is 5.75 Å². The van der Waals surface area contributed by atoms with Gasteiger partial charge in [0.05, 0.1) is 6.61 Å². The minimum Gasteiger partial charge on any atom is -0.491 e. The second kappa shape index (κ2) is 8.60. The Morgan fingerprint density at radius 3 is 2.62 bits per heavy atom. The quantitative estimate of drug-likeness (QED) is 0.700. The summed E-state index contributed by atoms with van der Waals surface area (Å²) in [6.07, 6.45) is -4.31. The van der Waals surface area contributed by atoms with E-state index in [1.807, 2.05) is 26.0 Å². The van der Waals surface area contributed by atoms with Crippen molar-refractivity contribution in [2.45, 2.75) is 26.1 Å². The minimum atomic E-state index is -4.31. The van der Waals surface area contributed by atoms with E-state index in [2.05, 4.69) is 26.0 Å². The summed E-state index contributed by atoms with van der Waals surface area (Å²) >= 11 is 3.35. The minimum absolute atomic E-state index is 0.0678. The zero-order valence-electron chi connectivity index (χ0n) is 12.0. The highest BCUT2D eigenvalue weighted by Crippen LogP contribution is 2.28. The summed E-state index contributed by atoms with van der Waals surface area (Å²) < 4.78 is 46.7. The summed E-state index contributed by atoms with van der Waals surface area (Å²) in [7, 11) is 0. The number of nitrogens with one attached hydrogen (secondary N) is 1. The molecule has 0 heterocycles. The molecule has 7 heteroatoms. The van der Waals surface area contributed by atoms with Gasteiger partial charge >= 0.3 is 6.18 Å². The first-order valence-electron chi connectivity index (χ1n) is 6.63. The number of halogens is 4. The molecule has 1 aromatic carbocycles. The zero-order chi connectivity index (χ0) is 15.9. The lowest BCUT2D eigenvalue weighted by Crippen LogP contribution is -2.21. The third-order valence-electron chi connectivity index (χ3n) is 2.70. The highest BCUT2D eigenvalue weighted by Gasteiger charge is 2.27. The molecule has 0 saturated carbocycles. The van der Waals surface area contributed by atoms with Crippen LogP contribution in [0, 0.1) is 0 Å². The van der Waals surface area contributed by atoms with Gasteiger partial charge in [0.1, 0.15) is 19.0 Å². The van der Waals surface area contributed by atoms with Crippen LogP contribution >= 0.6 is 15.9 Å². The predicted molar refractivity (Wildman–Crippen MR) is 78.6 cm³/mol. The molecule has 0 aliphatic heterocycles.